The minimum absolute atomic E-state index is 0.263. The average Bonchev–Trinajstić information content (AvgIpc) is 3.00. The number of carbonyl (C=O) groups is 1. The number of oxime groups is 1. The van der Waals surface area contributed by atoms with Crippen molar-refractivity contribution >= 4 is 17.8 Å². The van der Waals surface area contributed by atoms with Gasteiger partial charge in [-0.05, 0) is 54.8 Å². The van der Waals surface area contributed by atoms with Crippen molar-refractivity contribution in [1.29, 1.82) is 0 Å². The summed E-state index contributed by atoms with van der Waals surface area (Å²) in [6.07, 6.45) is 4.00. The molecule has 0 N–H and O–H groups in total. The van der Waals surface area contributed by atoms with E-state index in [0.717, 1.165) is 16.7 Å². The molecule has 5 nitrogen and oxygen atoms in total. The lowest BCUT2D eigenvalue weighted by atomic mass is 10.0. The van der Waals surface area contributed by atoms with E-state index in [1.54, 1.807) is 44.4 Å². The predicted molar refractivity (Wildman–Crippen MR) is 105 cm³/mol. The lowest BCUT2D eigenvalue weighted by Crippen LogP contribution is -2.04. The molecule has 0 aliphatic carbocycles. The molecule has 1 heterocycles. The Balaban J connectivity index is 1.94. The standard InChI is InChI=1S/C22H20FNO4/c1-4-5-17-10-16(11-19-14(2)24-28-22(19)25)12-20(26-3)21(17)27-13-15-6-8-18(23)9-7-15/h4,6-12H,1,5,13H2,2-3H3/b19-11-. The Morgan fingerprint density at radius 3 is 2.61 bits per heavy atom. The molecule has 6 heteroatoms. The van der Waals surface area contributed by atoms with Crippen molar-refractivity contribution in [3.8, 4) is 11.5 Å². The third-order valence-corrected chi connectivity index (χ3v) is 4.22. The second-order valence-corrected chi connectivity index (χ2v) is 6.23. The van der Waals surface area contributed by atoms with Crippen molar-refractivity contribution in [1.82, 2.24) is 0 Å². The second-order valence-electron chi connectivity index (χ2n) is 6.23. The van der Waals surface area contributed by atoms with E-state index >= 15 is 0 Å². The number of benzene rings is 2. The summed E-state index contributed by atoms with van der Waals surface area (Å²) < 4.78 is 24.6. The molecule has 0 unspecified atom stereocenters. The summed E-state index contributed by atoms with van der Waals surface area (Å²) in [5.41, 5.74) is 3.35. The van der Waals surface area contributed by atoms with Crippen molar-refractivity contribution in [2.45, 2.75) is 20.0 Å². The summed E-state index contributed by atoms with van der Waals surface area (Å²) in [4.78, 5) is 16.5. The van der Waals surface area contributed by atoms with Crippen molar-refractivity contribution in [2.24, 2.45) is 5.16 Å². The van der Waals surface area contributed by atoms with Gasteiger partial charge in [0.25, 0.3) is 0 Å². The summed E-state index contributed by atoms with van der Waals surface area (Å²) in [6, 6.07) is 9.79. The highest BCUT2D eigenvalue weighted by molar-refractivity contribution is 6.24. The maximum atomic E-state index is 13.1. The highest BCUT2D eigenvalue weighted by Gasteiger charge is 2.22. The lowest BCUT2D eigenvalue weighted by molar-refractivity contribution is -0.136. The van der Waals surface area contributed by atoms with Crippen molar-refractivity contribution in [3.63, 3.8) is 0 Å². The quantitative estimate of drug-likeness (QED) is 0.404. The number of hydrogen-bond acceptors (Lipinski definition) is 5. The van der Waals surface area contributed by atoms with E-state index in [0.29, 0.717) is 29.2 Å². The van der Waals surface area contributed by atoms with Crippen molar-refractivity contribution in [3.05, 3.63) is 77.1 Å². The summed E-state index contributed by atoms with van der Waals surface area (Å²) >= 11 is 0. The van der Waals surface area contributed by atoms with Crippen molar-refractivity contribution in [2.75, 3.05) is 7.11 Å². The molecule has 3 rings (SSSR count). The van der Waals surface area contributed by atoms with Crippen LogP contribution in [0.25, 0.3) is 6.08 Å². The maximum Gasteiger partial charge on any atom is 0.367 e. The number of allylic oxidation sites excluding steroid dienone is 1. The van der Waals surface area contributed by atoms with Gasteiger partial charge in [0.05, 0.1) is 18.4 Å². The monoisotopic (exact) mass is 381 g/mol. The van der Waals surface area contributed by atoms with Gasteiger partial charge in [-0.15, -0.1) is 6.58 Å². The van der Waals surface area contributed by atoms with Crippen LogP contribution in [0.3, 0.4) is 0 Å². The number of nitrogens with zero attached hydrogens (tertiary/aromatic N) is 1. The molecule has 0 spiro atoms. The Labute approximate surface area is 162 Å². The molecule has 0 bridgehead atoms. The molecular formula is C22H20FNO4. The molecule has 28 heavy (non-hydrogen) atoms. The third kappa shape index (κ3) is 4.28. The number of ether oxygens (including phenoxy) is 2. The summed E-state index contributed by atoms with van der Waals surface area (Å²) in [7, 11) is 1.55. The van der Waals surface area contributed by atoms with Crippen LogP contribution in [0.5, 0.6) is 11.5 Å². The second kappa shape index (κ2) is 8.52. The zero-order valence-corrected chi connectivity index (χ0v) is 15.7. The fourth-order valence-electron chi connectivity index (χ4n) is 2.81. The Bertz CT molecular complexity index is 961. The summed E-state index contributed by atoms with van der Waals surface area (Å²) in [5, 5.41) is 3.68. The van der Waals surface area contributed by atoms with Crippen LogP contribution >= 0.6 is 0 Å². The first-order valence-electron chi connectivity index (χ1n) is 8.69. The zero-order chi connectivity index (χ0) is 20.1. The van der Waals surface area contributed by atoms with Crippen molar-refractivity contribution < 1.29 is 23.5 Å². The van der Waals surface area contributed by atoms with E-state index in [9.17, 15) is 9.18 Å². The highest BCUT2D eigenvalue weighted by atomic mass is 19.1. The fraction of sp³-hybridized carbons (Fsp3) is 0.182. The maximum absolute atomic E-state index is 13.1. The van der Waals surface area contributed by atoms with E-state index in [1.165, 1.54) is 12.1 Å². The molecule has 0 amide bonds. The van der Waals surface area contributed by atoms with Crippen LogP contribution in [0.2, 0.25) is 0 Å². The Kier molecular flexibility index (Phi) is 5.89. The summed E-state index contributed by atoms with van der Waals surface area (Å²) in [5.74, 6) is 0.316. The van der Waals surface area contributed by atoms with Gasteiger partial charge in [0.2, 0.25) is 0 Å². The Morgan fingerprint density at radius 1 is 1.25 bits per heavy atom. The van der Waals surface area contributed by atoms with Gasteiger partial charge in [0.1, 0.15) is 12.4 Å². The topological polar surface area (TPSA) is 57.1 Å². The van der Waals surface area contributed by atoms with Gasteiger partial charge >= 0.3 is 5.97 Å². The molecule has 2 aromatic carbocycles. The summed E-state index contributed by atoms with van der Waals surface area (Å²) in [6.45, 7) is 5.76. The molecule has 1 aliphatic rings. The molecule has 0 saturated heterocycles. The Hall–Kier alpha value is -3.41. The zero-order valence-electron chi connectivity index (χ0n) is 15.7. The molecular weight excluding hydrogens is 361 g/mol. The van der Waals surface area contributed by atoms with E-state index in [4.69, 9.17) is 9.47 Å². The fourth-order valence-corrected chi connectivity index (χ4v) is 2.81. The number of carbonyl (C=O) groups excluding carboxylic acids is 1. The average molecular weight is 381 g/mol. The van der Waals surface area contributed by atoms with Crippen LogP contribution in [0.4, 0.5) is 4.39 Å². The number of methoxy groups -OCH3 is 1. The van der Waals surface area contributed by atoms with Crippen LogP contribution < -0.4 is 9.47 Å². The van der Waals surface area contributed by atoms with Gasteiger partial charge in [-0.1, -0.05) is 23.4 Å². The highest BCUT2D eigenvalue weighted by Crippen LogP contribution is 2.35. The Morgan fingerprint density at radius 2 is 2.00 bits per heavy atom. The molecule has 2 aromatic rings. The predicted octanol–water partition coefficient (Wildman–Crippen LogP) is 4.46. The van der Waals surface area contributed by atoms with E-state index < -0.39 is 5.97 Å². The minimum Gasteiger partial charge on any atom is -0.493 e. The lowest BCUT2D eigenvalue weighted by Gasteiger charge is -2.16. The molecule has 144 valence electrons. The van der Waals surface area contributed by atoms with Gasteiger partial charge in [0.15, 0.2) is 11.5 Å². The van der Waals surface area contributed by atoms with Crippen LogP contribution in [-0.2, 0) is 22.7 Å². The molecule has 0 fully saturated rings. The number of hydrogen-bond donors (Lipinski definition) is 0. The van der Waals surface area contributed by atoms with E-state index in [1.807, 2.05) is 6.07 Å². The third-order valence-electron chi connectivity index (χ3n) is 4.22. The number of rotatable bonds is 7. The molecule has 1 aliphatic heterocycles. The minimum atomic E-state index is -0.488. The van der Waals surface area contributed by atoms with Crippen LogP contribution in [-0.4, -0.2) is 18.8 Å². The van der Waals surface area contributed by atoms with Crippen LogP contribution in [0.1, 0.15) is 23.6 Å². The molecule has 0 radical (unpaired) electrons. The van der Waals surface area contributed by atoms with Gasteiger partial charge in [-0.3, -0.25) is 0 Å². The molecule has 0 saturated carbocycles. The first-order chi connectivity index (χ1) is 13.5. The number of halogens is 1. The van der Waals surface area contributed by atoms with Gasteiger partial charge in [0, 0.05) is 5.56 Å². The van der Waals surface area contributed by atoms with Crippen LogP contribution in [0.15, 0.2) is 59.8 Å². The molecule has 0 aromatic heterocycles. The first kappa shape index (κ1) is 19.4. The van der Waals surface area contributed by atoms with Gasteiger partial charge < -0.3 is 14.3 Å². The SMILES string of the molecule is C=CCc1cc(/C=C2\C(=O)ON=C2C)cc(OC)c1OCc1ccc(F)cc1. The van der Waals surface area contributed by atoms with E-state index in [-0.39, 0.29) is 12.4 Å². The largest absolute Gasteiger partial charge is 0.493 e. The van der Waals surface area contributed by atoms with Crippen LogP contribution in [0, 0.1) is 5.82 Å². The smallest absolute Gasteiger partial charge is 0.367 e. The van der Waals surface area contributed by atoms with E-state index in [2.05, 4.69) is 16.6 Å². The molecule has 0 atom stereocenters. The normalized spacial score (nSPS) is 14.6. The van der Waals surface area contributed by atoms with Gasteiger partial charge in [-0.25, -0.2) is 9.18 Å². The first-order valence-corrected chi connectivity index (χ1v) is 8.69. The van der Waals surface area contributed by atoms with Gasteiger partial charge in [-0.2, -0.15) is 0 Å².